The van der Waals surface area contributed by atoms with Gasteiger partial charge in [0.15, 0.2) is 5.76 Å². The lowest BCUT2D eigenvalue weighted by molar-refractivity contribution is 0.353. The Morgan fingerprint density at radius 2 is 1.59 bits per heavy atom. The number of furan rings is 1. The highest BCUT2D eigenvalue weighted by molar-refractivity contribution is 7.95. The van der Waals surface area contributed by atoms with Crippen LogP contribution >= 0.6 is 0 Å². The summed E-state index contributed by atoms with van der Waals surface area (Å²) in [5.41, 5.74) is 6.53. The summed E-state index contributed by atoms with van der Waals surface area (Å²) in [7, 11) is -4.05. The van der Waals surface area contributed by atoms with Crippen molar-refractivity contribution in [2.45, 2.75) is 10.8 Å². The van der Waals surface area contributed by atoms with Crippen molar-refractivity contribution < 1.29 is 17.6 Å². The first kappa shape index (κ1) is 18.6. The number of hydrogen-bond acceptors (Lipinski definition) is 6. The average Bonchev–Trinajstić information content (AvgIpc) is 3.28. The van der Waals surface area contributed by atoms with E-state index in [1.807, 2.05) is 12.1 Å². The first-order valence-corrected chi connectivity index (χ1v) is 10.2. The lowest BCUT2D eigenvalue weighted by Crippen LogP contribution is -2.24. The maximum Gasteiger partial charge on any atom is 0.207 e. The van der Waals surface area contributed by atoms with Crippen molar-refractivity contribution in [1.29, 1.82) is 5.26 Å². The standard InChI is InChI=1S/C22H16N2O4S/c23-14-17-19(18-12-7-13-27-18)21(29(25,26)16-10-5-2-6-11-16)20(28-22(17)24)15-8-3-1-4-9-15/h1-13,19H,24H2/t19-/m0/s1. The summed E-state index contributed by atoms with van der Waals surface area (Å²) in [6.45, 7) is 0. The Balaban J connectivity index is 2.06. The summed E-state index contributed by atoms with van der Waals surface area (Å²) in [5.74, 6) is -0.813. The van der Waals surface area contributed by atoms with Crippen LogP contribution in [0.15, 0.2) is 105 Å². The number of sulfone groups is 1. The van der Waals surface area contributed by atoms with Crippen LogP contribution in [0, 0.1) is 11.3 Å². The van der Waals surface area contributed by atoms with Crippen molar-refractivity contribution in [2.75, 3.05) is 0 Å². The highest BCUT2D eigenvalue weighted by Crippen LogP contribution is 2.46. The zero-order valence-electron chi connectivity index (χ0n) is 15.1. The molecular weight excluding hydrogens is 388 g/mol. The van der Waals surface area contributed by atoms with E-state index in [0.29, 0.717) is 5.56 Å². The van der Waals surface area contributed by atoms with Gasteiger partial charge in [-0.2, -0.15) is 5.26 Å². The fourth-order valence-electron chi connectivity index (χ4n) is 3.26. The van der Waals surface area contributed by atoms with Gasteiger partial charge in [0.05, 0.1) is 17.1 Å². The summed E-state index contributed by atoms with van der Waals surface area (Å²) < 4.78 is 38.6. The van der Waals surface area contributed by atoms with E-state index in [9.17, 15) is 13.7 Å². The van der Waals surface area contributed by atoms with Gasteiger partial charge < -0.3 is 14.9 Å². The fraction of sp³-hybridized carbons (Fsp3) is 0.0455. The summed E-state index contributed by atoms with van der Waals surface area (Å²) in [5, 5.41) is 9.71. The first-order chi connectivity index (χ1) is 14.0. The molecule has 2 N–H and O–H groups in total. The van der Waals surface area contributed by atoms with Crippen molar-refractivity contribution in [2.24, 2.45) is 5.73 Å². The van der Waals surface area contributed by atoms with Gasteiger partial charge in [-0.15, -0.1) is 0 Å². The zero-order valence-corrected chi connectivity index (χ0v) is 16.0. The van der Waals surface area contributed by atoms with E-state index in [0.717, 1.165) is 0 Å². The predicted octanol–water partition coefficient (Wildman–Crippen LogP) is 3.93. The smallest absolute Gasteiger partial charge is 0.207 e. The van der Waals surface area contributed by atoms with Crippen LogP contribution in [0.25, 0.3) is 5.76 Å². The molecule has 0 saturated heterocycles. The third kappa shape index (κ3) is 3.20. The van der Waals surface area contributed by atoms with Crippen LogP contribution < -0.4 is 5.73 Å². The number of allylic oxidation sites excluding steroid dienone is 2. The van der Waals surface area contributed by atoms with Crippen LogP contribution in [-0.4, -0.2) is 8.42 Å². The minimum Gasteiger partial charge on any atom is -0.468 e. The van der Waals surface area contributed by atoms with Crippen LogP contribution in [-0.2, 0) is 14.6 Å². The Morgan fingerprint density at radius 1 is 0.931 bits per heavy atom. The topological polar surface area (TPSA) is 106 Å². The second kappa shape index (κ2) is 7.34. The zero-order chi connectivity index (χ0) is 20.4. The molecule has 7 heteroatoms. The first-order valence-electron chi connectivity index (χ1n) is 8.74. The van der Waals surface area contributed by atoms with Gasteiger partial charge in [-0.1, -0.05) is 48.5 Å². The van der Waals surface area contributed by atoms with Gasteiger partial charge in [0.2, 0.25) is 15.7 Å². The molecule has 0 spiro atoms. The molecule has 1 aliphatic heterocycles. The Bertz CT molecular complexity index is 1240. The quantitative estimate of drug-likeness (QED) is 0.706. The van der Waals surface area contributed by atoms with Crippen LogP contribution in [0.5, 0.6) is 0 Å². The number of nitrogens with zero attached hydrogens (tertiary/aromatic N) is 1. The largest absolute Gasteiger partial charge is 0.468 e. The molecule has 29 heavy (non-hydrogen) atoms. The van der Waals surface area contributed by atoms with E-state index < -0.39 is 15.8 Å². The maximum atomic E-state index is 13.7. The Kier molecular flexibility index (Phi) is 4.71. The molecule has 144 valence electrons. The molecule has 2 heterocycles. The van der Waals surface area contributed by atoms with E-state index >= 15 is 0 Å². The number of ether oxygens (including phenoxy) is 1. The van der Waals surface area contributed by atoms with Gasteiger partial charge >= 0.3 is 0 Å². The van der Waals surface area contributed by atoms with E-state index in [4.69, 9.17) is 14.9 Å². The van der Waals surface area contributed by atoms with Crippen molar-refractivity contribution in [3.8, 4) is 6.07 Å². The van der Waals surface area contributed by atoms with Crippen LogP contribution in [0.1, 0.15) is 17.2 Å². The van der Waals surface area contributed by atoms with Crippen molar-refractivity contribution in [3.63, 3.8) is 0 Å². The lowest BCUT2D eigenvalue weighted by Gasteiger charge is -2.27. The van der Waals surface area contributed by atoms with Crippen molar-refractivity contribution in [3.05, 3.63) is 107 Å². The summed E-state index contributed by atoms with van der Waals surface area (Å²) in [4.78, 5) is -0.00283. The van der Waals surface area contributed by atoms with Crippen LogP contribution in [0.3, 0.4) is 0 Å². The molecule has 0 unspecified atom stereocenters. The molecule has 0 amide bonds. The Morgan fingerprint density at radius 3 is 2.17 bits per heavy atom. The number of benzene rings is 2. The van der Waals surface area contributed by atoms with Gasteiger partial charge in [-0.05, 0) is 24.3 Å². The summed E-state index contributed by atoms with van der Waals surface area (Å²) in [6, 6.07) is 22.0. The third-order valence-electron chi connectivity index (χ3n) is 4.58. The van der Waals surface area contributed by atoms with Gasteiger partial charge in [-0.25, -0.2) is 8.42 Å². The molecule has 1 atom stereocenters. The summed E-state index contributed by atoms with van der Waals surface area (Å²) in [6.07, 6.45) is 1.42. The molecule has 3 aromatic rings. The van der Waals surface area contributed by atoms with E-state index in [1.165, 1.54) is 18.4 Å². The molecule has 6 nitrogen and oxygen atoms in total. The van der Waals surface area contributed by atoms with Gasteiger partial charge in [0, 0.05) is 5.56 Å². The highest BCUT2D eigenvalue weighted by atomic mass is 32.2. The molecule has 2 aromatic carbocycles. The van der Waals surface area contributed by atoms with Crippen LogP contribution in [0.4, 0.5) is 0 Å². The van der Waals surface area contributed by atoms with E-state index in [2.05, 4.69) is 0 Å². The number of rotatable bonds is 4. The second-order valence-electron chi connectivity index (χ2n) is 6.32. The molecule has 1 aromatic heterocycles. The second-order valence-corrected chi connectivity index (χ2v) is 8.23. The summed E-state index contributed by atoms with van der Waals surface area (Å²) >= 11 is 0. The third-order valence-corrected chi connectivity index (χ3v) is 6.47. The molecular formula is C22H16N2O4S. The Labute approximate surface area is 168 Å². The minimum absolute atomic E-state index is 0.0193. The minimum atomic E-state index is -4.05. The normalized spacial score (nSPS) is 17.0. The van der Waals surface area contributed by atoms with E-state index in [-0.39, 0.29) is 32.8 Å². The molecule has 1 aliphatic rings. The molecule has 4 rings (SSSR count). The number of nitrogens with two attached hydrogens (primary N) is 1. The lowest BCUT2D eigenvalue weighted by atomic mass is 9.93. The highest BCUT2D eigenvalue weighted by Gasteiger charge is 2.42. The monoisotopic (exact) mass is 404 g/mol. The molecule has 0 radical (unpaired) electrons. The molecule has 0 fully saturated rings. The molecule has 0 saturated carbocycles. The SMILES string of the molecule is N#CC1=C(N)OC(c2ccccc2)=C(S(=O)(=O)c2ccccc2)[C@@H]1c1ccco1. The fourth-order valence-corrected chi connectivity index (χ4v) is 4.98. The van der Waals surface area contributed by atoms with Crippen molar-refractivity contribution in [1.82, 2.24) is 0 Å². The molecule has 0 bridgehead atoms. The van der Waals surface area contributed by atoms with E-state index in [1.54, 1.807) is 54.6 Å². The van der Waals surface area contributed by atoms with Crippen LogP contribution in [0.2, 0.25) is 0 Å². The van der Waals surface area contributed by atoms with Gasteiger partial charge in [0.25, 0.3) is 0 Å². The van der Waals surface area contributed by atoms with Gasteiger partial charge in [-0.3, -0.25) is 0 Å². The number of nitriles is 1. The Hall–Kier alpha value is -3.76. The predicted molar refractivity (Wildman–Crippen MR) is 106 cm³/mol. The molecule has 0 aliphatic carbocycles. The maximum absolute atomic E-state index is 13.7. The average molecular weight is 404 g/mol. The van der Waals surface area contributed by atoms with Gasteiger partial charge in [0.1, 0.15) is 22.3 Å². The van der Waals surface area contributed by atoms with Crippen molar-refractivity contribution >= 4 is 15.6 Å². The number of hydrogen-bond donors (Lipinski definition) is 1.